The largest absolute Gasteiger partial charge is 0.494 e. The van der Waals surface area contributed by atoms with Crippen molar-refractivity contribution >= 4 is 11.7 Å². The number of fused-ring (bicyclic) bond motifs is 1. The van der Waals surface area contributed by atoms with E-state index in [1.165, 1.54) is 0 Å². The molecular weight excluding hydrogens is 420 g/mol. The third-order valence-electron chi connectivity index (χ3n) is 7.45. The summed E-state index contributed by atoms with van der Waals surface area (Å²) in [6.07, 6.45) is 2.52. The van der Waals surface area contributed by atoms with E-state index in [4.69, 9.17) is 14.2 Å². The number of carbonyl (C=O) groups is 2. The molecule has 3 heterocycles. The Morgan fingerprint density at radius 1 is 1.12 bits per heavy atom. The van der Waals surface area contributed by atoms with Gasteiger partial charge >= 0.3 is 0 Å². The van der Waals surface area contributed by atoms with Crippen LogP contribution in [-0.2, 0) is 19.1 Å². The Morgan fingerprint density at radius 3 is 2.73 bits per heavy atom. The van der Waals surface area contributed by atoms with Gasteiger partial charge in [-0.3, -0.25) is 14.5 Å². The van der Waals surface area contributed by atoms with Crippen LogP contribution in [0.4, 0.5) is 0 Å². The second kappa shape index (κ2) is 9.47. The number of amides is 1. The minimum absolute atomic E-state index is 0.0989. The van der Waals surface area contributed by atoms with Gasteiger partial charge in [-0.2, -0.15) is 0 Å². The van der Waals surface area contributed by atoms with E-state index < -0.39 is 6.04 Å². The summed E-state index contributed by atoms with van der Waals surface area (Å²) >= 11 is 0. The van der Waals surface area contributed by atoms with Gasteiger partial charge in [-0.15, -0.1) is 0 Å². The third-order valence-corrected chi connectivity index (χ3v) is 7.45. The zero-order valence-electron chi connectivity index (χ0n) is 19.6. The molecule has 0 bridgehead atoms. The van der Waals surface area contributed by atoms with Crippen LogP contribution in [0.2, 0.25) is 0 Å². The Bertz CT molecular complexity index is 938. The molecule has 7 heteroatoms. The molecule has 4 atom stereocenters. The van der Waals surface area contributed by atoms with E-state index in [-0.39, 0.29) is 29.5 Å². The van der Waals surface area contributed by atoms with E-state index in [1.54, 1.807) is 0 Å². The van der Waals surface area contributed by atoms with Crippen LogP contribution in [0, 0.1) is 11.8 Å². The number of rotatable bonds is 6. The predicted molar refractivity (Wildman–Crippen MR) is 123 cm³/mol. The molecule has 2 fully saturated rings. The quantitative estimate of drug-likeness (QED) is 0.658. The molecule has 1 aromatic carbocycles. The lowest BCUT2D eigenvalue weighted by Crippen LogP contribution is -2.43. The van der Waals surface area contributed by atoms with Gasteiger partial charge in [-0.1, -0.05) is 19.1 Å². The fourth-order valence-electron chi connectivity index (χ4n) is 5.72. The summed E-state index contributed by atoms with van der Waals surface area (Å²) in [5.74, 6) is 1.31. The van der Waals surface area contributed by atoms with Crippen molar-refractivity contribution in [3.63, 3.8) is 0 Å². The van der Waals surface area contributed by atoms with Gasteiger partial charge in [0.1, 0.15) is 11.9 Å². The summed E-state index contributed by atoms with van der Waals surface area (Å²) in [4.78, 5) is 31.6. The van der Waals surface area contributed by atoms with Crippen molar-refractivity contribution in [2.45, 2.75) is 45.3 Å². The molecule has 1 amide bonds. The van der Waals surface area contributed by atoms with Crippen LogP contribution in [0.1, 0.15) is 44.7 Å². The number of benzene rings is 1. The molecule has 7 nitrogen and oxygen atoms in total. The molecule has 4 aliphatic rings. The van der Waals surface area contributed by atoms with Gasteiger partial charge in [0.25, 0.3) is 5.91 Å². The third kappa shape index (κ3) is 4.28. The first-order chi connectivity index (χ1) is 16.1. The summed E-state index contributed by atoms with van der Waals surface area (Å²) < 4.78 is 17.5. The highest BCUT2D eigenvalue weighted by atomic mass is 16.5. The lowest BCUT2D eigenvalue weighted by atomic mass is 9.74. The fourth-order valence-corrected chi connectivity index (χ4v) is 5.72. The Hall–Kier alpha value is -2.38. The number of carbonyl (C=O) groups excluding carboxylic acids is 2. The van der Waals surface area contributed by atoms with Crippen molar-refractivity contribution in [3.05, 3.63) is 41.2 Å². The van der Waals surface area contributed by atoms with Crippen LogP contribution in [0.5, 0.6) is 5.75 Å². The Balaban J connectivity index is 1.48. The molecule has 0 radical (unpaired) electrons. The van der Waals surface area contributed by atoms with Gasteiger partial charge in [-0.25, -0.2) is 0 Å². The van der Waals surface area contributed by atoms with E-state index in [1.807, 2.05) is 36.1 Å². The maximum atomic E-state index is 13.8. The van der Waals surface area contributed by atoms with Gasteiger partial charge in [0, 0.05) is 26.2 Å². The molecular formula is C26H34N2O5. The molecule has 4 unspecified atom stereocenters. The second-order valence-electron chi connectivity index (χ2n) is 9.65. The maximum absolute atomic E-state index is 13.8. The number of Topliss-reactive ketones (excluding diaryl/α,β-unsaturated/α-hetero) is 1. The first-order valence-corrected chi connectivity index (χ1v) is 12.4. The maximum Gasteiger partial charge on any atom is 0.290 e. The first-order valence-electron chi connectivity index (χ1n) is 12.4. The number of morpholine rings is 1. The Kier molecular flexibility index (Phi) is 6.43. The van der Waals surface area contributed by atoms with Crippen molar-refractivity contribution in [2.24, 2.45) is 11.8 Å². The molecule has 1 aliphatic carbocycles. The molecule has 0 spiro atoms. The molecule has 1 aromatic rings. The molecule has 0 N–H and O–H groups in total. The van der Waals surface area contributed by atoms with Crippen LogP contribution < -0.4 is 4.74 Å². The van der Waals surface area contributed by atoms with Crippen molar-refractivity contribution in [1.82, 2.24) is 9.80 Å². The standard InChI is InChI=1S/C26H34N2O5/c1-3-32-19-6-4-5-18(16-19)23-22-24(29)20-15-17(2)7-8-21(20)33-25(22)26(30)28(23)10-9-27-11-13-31-14-12-27/h4-6,16-17,20-21,23H,3,7-15H2,1-2H3. The van der Waals surface area contributed by atoms with Crippen molar-refractivity contribution in [1.29, 1.82) is 0 Å². The molecule has 33 heavy (non-hydrogen) atoms. The predicted octanol–water partition coefficient (Wildman–Crippen LogP) is 2.96. The minimum atomic E-state index is -0.431. The number of ether oxygens (including phenoxy) is 3. The van der Waals surface area contributed by atoms with Crippen LogP contribution in [-0.4, -0.2) is 73.6 Å². The molecule has 3 aliphatic heterocycles. The lowest BCUT2D eigenvalue weighted by molar-refractivity contribution is -0.136. The topological polar surface area (TPSA) is 68.3 Å². The van der Waals surface area contributed by atoms with E-state index in [2.05, 4.69) is 11.8 Å². The van der Waals surface area contributed by atoms with Gasteiger partial charge in [-0.05, 0) is 49.8 Å². The molecule has 1 saturated heterocycles. The molecule has 1 saturated carbocycles. The van der Waals surface area contributed by atoms with Crippen LogP contribution in [0.15, 0.2) is 35.6 Å². The minimum Gasteiger partial charge on any atom is -0.494 e. The van der Waals surface area contributed by atoms with E-state index in [0.717, 1.165) is 50.2 Å². The highest BCUT2D eigenvalue weighted by molar-refractivity contribution is 6.11. The number of nitrogens with zero attached hydrogens (tertiary/aromatic N) is 2. The van der Waals surface area contributed by atoms with Gasteiger partial charge in [0.2, 0.25) is 0 Å². The van der Waals surface area contributed by atoms with E-state index >= 15 is 0 Å². The summed E-state index contributed by atoms with van der Waals surface area (Å²) in [5.41, 5.74) is 1.45. The Morgan fingerprint density at radius 2 is 1.94 bits per heavy atom. The highest BCUT2D eigenvalue weighted by Crippen LogP contribution is 2.47. The van der Waals surface area contributed by atoms with Gasteiger partial charge < -0.3 is 19.1 Å². The van der Waals surface area contributed by atoms with Crippen molar-refractivity contribution in [2.75, 3.05) is 46.0 Å². The smallest absolute Gasteiger partial charge is 0.290 e. The second-order valence-corrected chi connectivity index (χ2v) is 9.65. The number of hydrogen-bond donors (Lipinski definition) is 0. The molecule has 178 valence electrons. The van der Waals surface area contributed by atoms with Crippen molar-refractivity contribution in [3.8, 4) is 5.75 Å². The summed E-state index contributed by atoms with van der Waals surface area (Å²) in [6.45, 7) is 9.14. The zero-order valence-corrected chi connectivity index (χ0v) is 19.6. The summed E-state index contributed by atoms with van der Waals surface area (Å²) in [5, 5.41) is 0. The first kappa shape index (κ1) is 22.4. The average molecular weight is 455 g/mol. The van der Waals surface area contributed by atoms with E-state index in [9.17, 15) is 9.59 Å². The van der Waals surface area contributed by atoms with Crippen molar-refractivity contribution < 1.29 is 23.8 Å². The Labute approximate surface area is 195 Å². The monoisotopic (exact) mass is 454 g/mol. The highest BCUT2D eigenvalue weighted by Gasteiger charge is 2.52. The number of hydrogen-bond acceptors (Lipinski definition) is 6. The van der Waals surface area contributed by atoms with Crippen LogP contribution in [0.3, 0.4) is 0 Å². The average Bonchev–Trinajstić information content (AvgIpc) is 3.11. The SMILES string of the molecule is CCOc1cccc(C2C3=C(OC4CCC(C)CC4C3=O)C(=O)N2CCN2CCOCC2)c1. The van der Waals surface area contributed by atoms with Gasteiger partial charge in [0.15, 0.2) is 11.5 Å². The normalized spacial score (nSPS) is 30.2. The molecule has 5 rings (SSSR count). The van der Waals surface area contributed by atoms with Crippen LogP contribution >= 0.6 is 0 Å². The lowest BCUT2D eigenvalue weighted by Gasteiger charge is -2.37. The van der Waals surface area contributed by atoms with Crippen LogP contribution in [0.25, 0.3) is 0 Å². The van der Waals surface area contributed by atoms with E-state index in [0.29, 0.717) is 37.9 Å². The molecule has 0 aromatic heterocycles. The van der Waals surface area contributed by atoms with Gasteiger partial charge in [0.05, 0.1) is 37.4 Å². The summed E-state index contributed by atoms with van der Waals surface area (Å²) in [6, 6.07) is 7.36. The zero-order chi connectivity index (χ0) is 22.9. The number of ketones is 1. The fraction of sp³-hybridized carbons (Fsp3) is 0.615. The summed E-state index contributed by atoms with van der Waals surface area (Å²) in [7, 11) is 0.